The molecule has 12 heteroatoms. The second-order valence-electron chi connectivity index (χ2n) is 17.4. The Hall–Kier alpha value is -5.75. The van der Waals surface area contributed by atoms with Gasteiger partial charge in [0.25, 0.3) is 5.91 Å². The van der Waals surface area contributed by atoms with Crippen LogP contribution in [0.5, 0.6) is 11.5 Å². The number of para-hydroxylation sites is 1. The number of hydrogen-bond donors (Lipinski definition) is 2. The zero-order valence-electron chi connectivity index (χ0n) is 36.2. The van der Waals surface area contributed by atoms with Crippen LogP contribution in [0.25, 0.3) is 10.9 Å². The van der Waals surface area contributed by atoms with Crippen LogP contribution in [0.4, 0.5) is 26.3 Å². The fraction of sp³-hybridized carbons (Fsp3) is 0.340. The van der Waals surface area contributed by atoms with Crippen molar-refractivity contribution in [2.75, 3.05) is 13.1 Å². The van der Waals surface area contributed by atoms with E-state index in [1.807, 2.05) is 37.3 Å². The first-order valence-electron chi connectivity index (χ1n) is 20.5. The number of aromatic amines is 1. The normalized spacial score (nSPS) is 12.1. The van der Waals surface area contributed by atoms with E-state index in [1.165, 1.54) is 47.0 Å². The molecule has 1 aromatic heterocycles. The SMILES string of the molecule is CC(C)(C)c1ccc(CNCCc2cccc(OC(F)(F)F)c2)cc1.Cc1cc2cccc(C(=O)N(CCc3cccc(OC(F)(F)F)c3)Cc3ccc(C(C)(C)C)cc3)c2[nH]1. The van der Waals surface area contributed by atoms with Crippen LogP contribution in [0.2, 0.25) is 0 Å². The van der Waals surface area contributed by atoms with Crippen molar-refractivity contribution in [2.24, 2.45) is 0 Å². The minimum atomic E-state index is -4.76. The lowest BCUT2D eigenvalue weighted by Crippen LogP contribution is -2.32. The van der Waals surface area contributed by atoms with Gasteiger partial charge in [-0.3, -0.25) is 4.79 Å². The van der Waals surface area contributed by atoms with Crippen LogP contribution < -0.4 is 14.8 Å². The lowest BCUT2D eigenvalue weighted by molar-refractivity contribution is -0.275. The maximum atomic E-state index is 13.8. The van der Waals surface area contributed by atoms with Gasteiger partial charge in [0, 0.05) is 30.7 Å². The lowest BCUT2D eigenvalue weighted by Gasteiger charge is -2.25. The predicted molar refractivity (Wildman–Crippen MR) is 233 cm³/mol. The van der Waals surface area contributed by atoms with E-state index in [-0.39, 0.29) is 28.2 Å². The van der Waals surface area contributed by atoms with Crippen LogP contribution in [-0.4, -0.2) is 41.6 Å². The Labute approximate surface area is 360 Å². The smallest absolute Gasteiger partial charge is 0.406 e. The number of nitrogens with zero attached hydrogens (tertiary/aromatic N) is 1. The summed E-state index contributed by atoms with van der Waals surface area (Å²) in [6, 6.07) is 36.3. The van der Waals surface area contributed by atoms with Crippen LogP contribution in [0, 0.1) is 6.92 Å². The standard InChI is InChI=1S/C30H31F3N2O2.C20H24F3NO/c1-20-17-23-8-6-10-26(27(23)34-20)28(36)35(19-22-11-13-24(14-12-22)29(2,3)4)16-15-21-7-5-9-25(18-21)37-30(31,32)33;1-19(2,3)17-9-7-16(8-10-17)14-24-12-11-15-5-4-6-18(13-15)25-20(21,22)23/h5-14,17-18,34H,15-16,19H2,1-4H3;4-10,13,24H,11-12,14H2,1-3H3. The third kappa shape index (κ3) is 14.7. The van der Waals surface area contributed by atoms with E-state index in [0.29, 0.717) is 43.6 Å². The van der Waals surface area contributed by atoms with Crippen LogP contribution in [0.3, 0.4) is 0 Å². The van der Waals surface area contributed by atoms with E-state index >= 15 is 0 Å². The number of halogens is 6. The summed E-state index contributed by atoms with van der Waals surface area (Å²) in [4.78, 5) is 18.8. The summed E-state index contributed by atoms with van der Waals surface area (Å²) in [7, 11) is 0. The first kappa shape index (κ1) is 47.3. The third-order valence-corrected chi connectivity index (χ3v) is 10.2. The minimum absolute atomic E-state index is 0.0126. The Morgan fingerprint density at radius 3 is 1.63 bits per heavy atom. The second kappa shape index (κ2) is 20.0. The minimum Gasteiger partial charge on any atom is -0.406 e. The maximum absolute atomic E-state index is 13.8. The van der Waals surface area contributed by atoms with Gasteiger partial charge in [0.05, 0.1) is 11.1 Å². The molecule has 1 heterocycles. The zero-order chi connectivity index (χ0) is 45.3. The molecule has 0 saturated carbocycles. The molecule has 0 bridgehead atoms. The van der Waals surface area contributed by atoms with Gasteiger partial charge >= 0.3 is 12.7 Å². The average Bonchev–Trinajstić information content (AvgIpc) is 3.57. The monoisotopic (exact) mass is 859 g/mol. The summed E-state index contributed by atoms with van der Waals surface area (Å²) in [5.74, 6) is -0.593. The van der Waals surface area contributed by atoms with Gasteiger partial charge in [-0.2, -0.15) is 0 Å². The summed E-state index contributed by atoms with van der Waals surface area (Å²) in [5, 5.41) is 4.27. The molecule has 0 fully saturated rings. The number of carbonyl (C=O) groups excluding carboxylic acids is 1. The highest BCUT2D eigenvalue weighted by Gasteiger charge is 2.32. The van der Waals surface area contributed by atoms with Gasteiger partial charge < -0.3 is 24.7 Å². The largest absolute Gasteiger partial charge is 0.573 e. The molecule has 2 N–H and O–H groups in total. The Kier molecular flexibility index (Phi) is 15.2. The van der Waals surface area contributed by atoms with Gasteiger partial charge in [0.1, 0.15) is 11.5 Å². The summed E-state index contributed by atoms with van der Waals surface area (Å²) >= 11 is 0. The summed E-state index contributed by atoms with van der Waals surface area (Å²) in [5.41, 5.74) is 8.54. The lowest BCUT2D eigenvalue weighted by atomic mass is 9.87. The van der Waals surface area contributed by atoms with E-state index in [1.54, 1.807) is 29.2 Å². The average molecular weight is 860 g/mol. The zero-order valence-corrected chi connectivity index (χ0v) is 36.2. The number of fused-ring (bicyclic) bond motifs is 1. The van der Waals surface area contributed by atoms with Crippen molar-refractivity contribution < 1.29 is 40.6 Å². The fourth-order valence-corrected chi connectivity index (χ4v) is 6.88. The van der Waals surface area contributed by atoms with Crippen molar-refractivity contribution in [1.82, 2.24) is 15.2 Å². The van der Waals surface area contributed by atoms with Crippen molar-refractivity contribution >= 4 is 16.8 Å². The highest BCUT2D eigenvalue weighted by Crippen LogP contribution is 2.28. The highest BCUT2D eigenvalue weighted by molar-refractivity contribution is 6.05. The topological polar surface area (TPSA) is 66.6 Å². The maximum Gasteiger partial charge on any atom is 0.573 e. The fourth-order valence-electron chi connectivity index (χ4n) is 6.88. The molecule has 0 saturated heterocycles. The molecule has 0 unspecified atom stereocenters. The molecule has 0 aliphatic rings. The van der Waals surface area contributed by atoms with Crippen molar-refractivity contribution in [2.45, 2.75) is 98.0 Å². The van der Waals surface area contributed by atoms with Crippen LogP contribution >= 0.6 is 0 Å². The van der Waals surface area contributed by atoms with Gasteiger partial charge in [0.15, 0.2) is 0 Å². The predicted octanol–water partition coefficient (Wildman–Crippen LogP) is 12.8. The van der Waals surface area contributed by atoms with Crippen LogP contribution in [0.15, 0.2) is 121 Å². The van der Waals surface area contributed by atoms with E-state index in [4.69, 9.17) is 0 Å². The van der Waals surface area contributed by atoms with Crippen molar-refractivity contribution in [3.05, 3.63) is 166 Å². The first-order valence-corrected chi connectivity index (χ1v) is 20.5. The van der Waals surface area contributed by atoms with Crippen LogP contribution in [-0.2, 0) is 36.8 Å². The number of aromatic nitrogens is 1. The number of benzene rings is 5. The van der Waals surface area contributed by atoms with Gasteiger partial charge in [0.2, 0.25) is 0 Å². The number of ether oxygens (including phenoxy) is 2. The molecule has 6 nitrogen and oxygen atoms in total. The number of rotatable bonds is 13. The van der Waals surface area contributed by atoms with Gasteiger partial charge in [-0.25, -0.2) is 0 Å². The second-order valence-corrected chi connectivity index (χ2v) is 17.4. The Morgan fingerprint density at radius 2 is 1.11 bits per heavy atom. The number of alkyl halides is 6. The molecule has 0 atom stereocenters. The van der Waals surface area contributed by atoms with E-state index < -0.39 is 12.7 Å². The van der Waals surface area contributed by atoms with Crippen molar-refractivity contribution in [1.29, 1.82) is 0 Å². The van der Waals surface area contributed by atoms with Crippen molar-refractivity contribution in [3.63, 3.8) is 0 Å². The van der Waals surface area contributed by atoms with Gasteiger partial charge in [-0.15, -0.1) is 26.3 Å². The third-order valence-electron chi connectivity index (χ3n) is 10.2. The molecule has 0 spiro atoms. The molecule has 6 rings (SSSR count). The number of nitrogens with one attached hydrogen (secondary N) is 2. The molecular formula is C50H55F6N3O3. The number of aryl methyl sites for hydroxylation is 1. The Bertz CT molecular complexity index is 2370. The van der Waals surface area contributed by atoms with E-state index in [9.17, 15) is 31.1 Å². The molecule has 6 aromatic rings. The molecule has 0 radical (unpaired) electrons. The van der Waals surface area contributed by atoms with Crippen molar-refractivity contribution in [3.8, 4) is 11.5 Å². The summed E-state index contributed by atoms with van der Waals surface area (Å²) in [6.45, 7) is 17.0. The first-order chi connectivity index (χ1) is 29.0. The van der Waals surface area contributed by atoms with E-state index in [0.717, 1.165) is 34.3 Å². The van der Waals surface area contributed by atoms with Gasteiger partial charge in [-0.1, -0.05) is 126 Å². The number of hydrogen-bond acceptors (Lipinski definition) is 4. The van der Waals surface area contributed by atoms with Crippen LogP contribution in [0.1, 0.15) is 91.0 Å². The molecule has 5 aromatic carbocycles. The number of H-pyrrole nitrogens is 1. The quantitative estimate of drug-likeness (QED) is 0.0897. The molecule has 0 aliphatic heterocycles. The molecular weight excluding hydrogens is 805 g/mol. The molecule has 62 heavy (non-hydrogen) atoms. The Balaban J connectivity index is 0.000000253. The van der Waals surface area contributed by atoms with Gasteiger partial charge in [-0.05, 0) is 107 Å². The number of amides is 1. The Morgan fingerprint density at radius 1 is 0.613 bits per heavy atom. The summed E-state index contributed by atoms with van der Waals surface area (Å²) in [6.07, 6.45) is -8.40. The number of carbonyl (C=O) groups is 1. The molecule has 1 amide bonds. The highest BCUT2D eigenvalue weighted by atomic mass is 19.4. The molecule has 330 valence electrons. The van der Waals surface area contributed by atoms with E-state index in [2.05, 4.69) is 97.7 Å². The summed E-state index contributed by atoms with van der Waals surface area (Å²) < 4.78 is 82.7. The molecule has 0 aliphatic carbocycles.